The molecule has 0 radical (unpaired) electrons. The molecule has 0 N–H and O–H groups in total. The Morgan fingerprint density at radius 2 is 2.38 bits per heavy atom. The van der Waals surface area contributed by atoms with Gasteiger partial charge in [-0.2, -0.15) is 0 Å². The molecule has 4 nitrogen and oxygen atoms in total. The Bertz CT molecular complexity index is 308. The van der Waals surface area contributed by atoms with Crippen molar-refractivity contribution in [3.05, 3.63) is 11.7 Å². The van der Waals surface area contributed by atoms with Crippen molar-refractivity contribution in [2.75, 3.05) is 6.61 Å². The number of esters is 1. The van der Waals surface area contributed by atoms with Gasteiger partial charge < -0.3 is 9.15 Å². The van der Waals surface area contributed by atoms with Crippen molar-refractivity contribution in [1.29, 1.82) is 0 Å². The van der Waals surface area contributed by atoms with E-state index < -0.39 is 21.2 Å². The summed E-state index contributed by atoms with van der Waals surface area (Å²) in [7, 11) is 0. The van der Waals surface area contributed by atoms with Gasteiger partial charge in [0.2, 0.25) is 5.76 Å². The predicted octanol–water partition coefficient (Wildman–Crippen LogP) is 0.270. The van der Waals surface area contributed by atoms with Crippen LogP contribution >= 0.6 is 0 Å². The van der Waals surface area contributed by atoms with E-state index in [4.69, 9.17) is 9.15 Å². The number of nitrogens with zero attached hydrogens (tertiary/aromatic N) is 1. The largest absolute Gasteiger partial charge is 0.460 e. The lowest BCUT2D eigenvalue weighted by atomic mass is 10.5. The molecule has 0 bridgehead atoms. The number of aryl methyl sites for hydroxylation is 1. The highest BCUT2D eigenvalue weighted by Crippen LogP contribution is 2.01. The molecule has 0 unspecified atom stereocenters. The average Bonchev–Trinajstić information content (AvgIpc) is 2.47. The Kier molecular flexibility index (Phi) is 3.52. The van der Waals surface area contributed by atoms with Crippen LogP contribution in [0.4, 0.5) is 0 Å². The summed E-state index contributed by atoms with van der Waals surface area (Å²) in [4.78, 5) is 15.4. The quantitative estimate of drug-likeness (QED) is 0.515. The lowest BCUT2D eigenvalue weighted by molar-refractivity contribution is 0.0490. The molecule has 5 heteroatoms. The minimum Gasteiger partial charge on any atom is -0.460 e. The molecule has 0 aliphatic carbocycles. The first kappa shape index (κ1) is 10.3. The van der Waals surface area contributed by atoms with Gasteiger partial charge in [-0.3, -0.25) is 0 Å². The third-order valence-corrected chi connectivity index (χ3v) is 2.75. The van der Waals surface area contributed by atoms with Crippen molar-refractivity contribution in [2.45, 2.75) is 19.6 Å². The highest BCUT2D eigenvalue weighted by Gasteiger charge is 2.18. The van der Waals surface area contributed by atoms with Gasteiger partial charge in [-0.05, 0) is 6.92 Å². The average molecular weight is 197 g/mol. The van der Waals surface area contributed by atoms with Gasteiger partial charge in [-0.15, -0.1) is 5.79 Å². The first-order chi connectivity index (χ1) is 6.19. The van der Waals surface area contributed by atoms with E-state index in [1.165, 1.54) is 0 Å². The van der Waals surface area contributed by atoms with Gasteiger partial charge >= 0.3 is 21.2 Å². The summed E-state index contributed by atoms with van der Waals surface area (Å²) in [5.41, 5.74) is 0. The van der Waals surface area contributed by atoms with E-state index in [0.29, 0.717) is 18.3 Å². The summed E-state index contributed by atoms with van der Waals surface area (Å²) >= 11 is -0.482. The molecule has 0 saturated heterocycles. The van der Waals surface area contributed by atoms with Crippen molar-refractivity contribution in [2.24, 2.45) is 0 Å². The second-order valence-electron chi connectivity index (χ2n) is 2.58. The van der Waals surface area contributed by atoms with E-state index >= 15 is 0 Å². The second kappa shape index (κ2) is 4.45. The fraction of sp³-hybridized carbons (Fsp3) is 0.500. The molecule has 0 aliphatic rings. The second-order valence-corrected chi connectivity index (χ2v) is 3.96. The lowest BCUT2D eigenvalue weighted by Gasteiger charge is -1.97. The smallest absolute Gasteiger partial charge is 0.374 e. The molecule has 0 atom stereocenters. The van der Waals surface area contributed by atoms with Gasteiger partial charge in [0.15, 0.2) is 5.89 Å². The molecule has 1 aromatic heterocycles. The molecule has 0 fully saturated rings. The first-order valence-corrected chi connectivity index (χ1v) is 6.44. The minimum absolute atomic E-state index is 0.300. The van der Waals surface area contributed by atoms with Crippen LogP contribution in [0.3, 0.4) is 0 Å². The van der Waals surface area contributed by atoms with Crippen molar-refractivity contribution in [1.82, 2.24) is 4.98 Å². The van der Waals surface area contributed by atoms with Gasteiger partial charge in [0.1, 0.15) is 0 Å². The molecular formula is C8H12AlNO3. The monoisotopic (exact) mass is 197 g/mol. The lowest BCUT2D eigenvalue weighted by Crippen LogP contribution is -2.21. The summed E-state index contributed by atoms with van der Waals surface area (Å²) in [5.74, 6) is 2.49. The van der Waals surface area contributed by atoms with Crippen LogP contribution in [-0.2, 0) is 4.74 Å². The number of hydrogen-bond donors (Lipinski definition) is 0. The SMILES string of the molecule is CCOC(=O)c1oc(C)n[c]1[AlH][CH3]. The normalized spacial score (nSPS) is 9.77. The summed E-state index contributed by atoms with van der Waals surface area (Å²) in [6.07, 6.45) is 0. The first-order valence-electron chi connectivity index (χ1n) is 4.32. The number of carbonyl (C=O) groups excluding carboxylic acids is 1. The van der Waals surface area contributed by atoms with Gasteiger partial charge in [-0.1, -0.05) is 0 Å². The summed E-state index contributed by atoms with van der Waals surface area (Å²) in [6, 6.07) is 0. The molecule has 0 saturated carbocycles. The summed E-state index contributed by atoms with van der Waals surface area (Å²) in [5, 5.41) is 0. The Hall–Kier alpha value is -0.788. The van der Waals surface area contributed by atoms with Crippen LogP contribution in [0.1, 0.15) is 23.4 Å². The molecule has 0 aliphatic heterocycles. The van der Waals surface area contributed by atoms with E-state index in [-0.39, 0.29) is 0 Å². The summed E-state index contributed by atoms with van der Waals surface area (Å²) < 4.78 is 10.8. The standard InChI is InChI=1S/C7H8NO3.CH3.Al.H/c1-3-10-7(9)6-4-8-5(2)11-6;;;/h3H2,1-2H3;1H3;;. The van der Waals surface area contributed by atoms with Gasteiger partial charge in [0, 0.05) is 11.5 Å². The molecule has 13 heavy (non-hydrogen) atoms. The Balaban J connectivity index is 2.91. The van der Waals surface area contributed by atoms with Crippen LogP contribution in [-0.4, -0.2) is 32.8 Å². The molecule has 0 aromatic carbocycles. The number of carbonyl (C=O) groups is 1. The van der Waals surface area contributed by atoms with Gasteiger partial charge in [0.05, 0.1) is 6.61 Å². The third-order valence-electron chi connectivity index (χ3n) is 1.60. The Labute approximate surface area is 83.0 Å². The van der Waals surface area contributed by atoms with Crippen molar-refractivity contribution in [3.8, 4) is 0 Å². The topological polar surface area (TPSA) is 52.3 Å². The van der Waals surface area contributed by atoms with E-state index in [1.54, 1.807) is 13.8 Å². The minimum atomic E-state index is -0.482. The van der Waals surface area contributed by atoms with Crippen LogP contribution in [0.15, 0.2) is 4.42 Å². The van der Waals surface area contributed by atoms with E-state index in [1.807, 2.05) is 0 Å². The molecule has 1 rings (SSSR count). The van der Waals surface area contributed by atoms with Gasteiger partial charge in [0.25, 0.3) is 0 Å². The van der Waals surface area contributed by atoms with Crippen LogP contribution in [0, 0.1) is 6.92 Å². The summed E-state index contributed by atoms with van der Waals surface area (Å²) in [6.45, 7) is 3.86. The molecule has 1 heterocycles. The third kappa shape index (κ3) is 2.33. The van der Waals surface area contributed by atoms with Gasteiger partial charge in [-0.25, -0.2) is 9.78 Å². The number of aromatic nitrogens is 1. The Morgan fingerprint density at radius 1 is 1.69 bits per heavy atom. The van der Waals surface area contributed by atoms with Crippen molar-refractivity contribution in [3.63, 3.8) is 0 Å². The van der Waals surface area contributed by atoms with Crippen molar-refractivity contribution < 1.29 is 13.9 Å². The van der Waals surface area contributed by atoms with Crippen LogP contribution in [0.5, 0.6) is 0 Å². The zero-order valence-electron chi connectivity index (χ0n) is 8.09. The number of hydrogen-bond acceptors (Lipinski definition) is 4. The molecule has 0 amide bonds. The molecular weight excluding hydrogens is 185 g/mol. The number of ether oxygens (including phenoxy) is 1. The molecule has 1 aromatic rings. The fourth-order valence-electron chi connectivity index (χ4n) is 1.07. The number of rotatable bonds is 3. The zero-order valence-corrected chi connectivity index (χ0v) is 9.50. The van der Waals surface area contributed by atoms with Crippen molar-refractivity contribution >= 4 is 25.7 Å². The highest BCUT2D eigenvalue weighted by atomic mass is 27.1. The van der Waals surface area contributed by atoms with Crippen LogP contribution in [0.25, 0.3) is 0 Å². The van der Waals surface area contributed by atoms with E-state index in [0.717, 1.165) is 4.56 Å². The number of oxazole rings is 1. The maximum Gasteiger partial charge on any atom is 0.374 e. The molecule has 70 valence electrons. The zero-order chi connectivity index (χ0) is 9.84. The van der Waals surface area contributed by atoms with E-state index in [9.17, 15) is 4.79 Å². The molecule has 0 spiro atoms. The maximum atomic E-state index is 11.3. The predicted molar refractivity (Wildman–Crippen MR) is 49.8 cm³/mol. The van der Waals surface area contributed by atoms with Crippen LogP contribution < -0.4 is 4.56 Å². The van der Waals surface area contributed by atoms with Crippen LogP contribution in [0.2, 0.25) is 5.79 Å². The van der Waals surface area contributed by atoms with E-state index in [2.05, 4.69) is 10.8 Å². The fourth-order valence-corrected chi connectivity index (χ4v) is 1.98. The maximum absolute atomic E-state index is 11.3. The Morgan fingerprint density at radius 3 is 2.92 bits per heavy atom. The highest BCUT2D eigenvalue weighted by molar-refractivity contribution is 6.52.